The smallest absolute Gasteiger partial charge is 0.119 e. The molecule has 0 radical (unpaired) electrons. The molecule has 19 heavy (non-hydrogen) atoms. The lowest BCUT2D eigenvalue weighted by atomic mass is 10.1. The lowest BCUT2D eigenvalue weighted by Gasteiger charge is -2.14. The Bertz CT molecular complexity index is 339. The molecule has 0 saturated heterocycles. The zero-order valence-corrected chi connectivity index (χ0v) is 13.2. The molecule has 108 valence electrons. The second-order valence-electron chi connectivity index (χ2n) is 5.07. The highest BCUT2D eigenvalue weighted by Gasteiger charge is 2.07. The fourth-order valence-electron chi connectivity index (χ4n) is 1.64. The Morgan fingerprint density at radius 2 is 1.84 bits per heavy atom. The molecule has 1 aromatic rings. The molecular weight excluding hydrogens is 254 g/mol. The van der Waals surface area contributed by atoms with Crippen molar-refractivity contribution in [1.29, 1.82) is 0 Å². The van der Waals surface area contributed by atoms with E-state index in [1.54, 1.807) is 0 Å². The van der Waals surface area contributed by atoms with Crippen LogP contribution in [0.1, 0.15) is 45.2 Å². The van der Waals surface area contributed by atoms with Crippen LogP contribution >= 0.6 is 11.8 Å². The first-order valence-corrected chi connectivity index (χ1v) is 8.38. The maximum atomic E-state index is 6.21. The van der Waals surface area contributed by atoms with Gasteiger partial charge in [0, 0.05) is 11.8 Å². The Kier molecular flexibility index (Phi) is 7.99. The van der Waals surface area contributed by atoms with Gasteiger partial charge in [-0.25, -0.2) is 0 Å². The summed E-state index contributed by atoms with van der Waals surface area (Å²) < 4.78 is 5.57. The topological polar surface area (TPSA) is 35.2 Å². The summed E-state index contributed by atoms with van der Waals surface area (Å²) in [6, 6.07) is 8.32. The van der Waals surface area contributed by atoms with E-state index in [1.807, 2.05) is 23.9 Å². The Balaban J connectivity index is 2.37. The van der Waals surface area contributed by atoms with Gasteiger partial charge in [-0.2, -0.15) is 11.8 Å². The summed E-state index contributed by atoms with van der Waals surface area (Å²) in [6.07, 6.45) is 2.28. The van der Waals surface area contributed by atoms with Crippen LogP contribution in [0.3, 0.4) is 0 Å². The Hall–Kier alpha value is -0.670. The first-order chi connectivity index (χ1) is 9.17. The molecule has 1 aromatic carbocycles. The molecule has 0 aromatic heterocycles. The van der Waals surface area contributed by atoms with Gasteiger partial charge in [-0.1, -0.05) is 39.3 Å². The van der Waals surface area contributed by atoms with Crippen molar-refractivity contribution in [3.8, 4) is 5.75 Å². The summed E-state index contributed by atoms with van der Waals surface area (Å²) in [5.41, 5.74) is 7.41. The van der Waals surface area contributed by atoms with Crippen molar-refractivity contribution in [1.82, 2.24) is 0 Å². The predicted molar refractivity (Wildman–Crippen MR) is 85.9 cm³/mol. The summed E-state index contributed by atoms with van der Waals surface area (Å²) in [6.45, 7) is 7.41. The molecule has 0 aliphatic rings. The number of ether oxygens (including phenoxy) is 1. The summed E-state index contributed by atoms with van der Waals surface area (Å²) in [5.74, 6) is 3.90. The molecule has 0 saturated carbocycles. The number of rotatable bonds is 9. The average Bonchev–Trinajstić information content (AvgIpc) is 2.45. The number of nitrogens with two attached hydrogens (primary N) is 1. The molecule has 2 atom stereocenters. The largest absolute Gasteiger partial charge is 0.494 e. The summed E-state index contributed by atoms with van der Waals surface area (Å²) >= 11 is 1.95. The van der Waals surface area contributed by atoms with Gasteiger partial charge in [0.25, 0.3) is 0 Å². The molecule has 2 nitrogen and oxygen atoms in total. The normalized spacial score (nSPS) is 14.1. The van der Waals surface area contributed by atoms with E-state index in [0.29, 0.717) is 0 Å². The van der Waals surface area contributed by atoms with Crippen LogP contribution in [-0.4, -0.2) is 18.1 Å². The summed E-state index contributed by atoms with van der Waals surface area (Å²) in [4.78, 5) is 0. The minimum Gasteiger partial charge on any atom is -0.494 e. The Morgan fingerprint density at radius 3 is 2.42 bits per heavy atom. The van der Waals surface area contributed by atoms with Gasteiger partial charge in [0.05, 0.1) is 6.61 Å². The van der Waals surface area contributed by atoms with Gasteiger partial charge in [-0.3, -0.25) is 0 Å². The Labute approximate surface area is 122 Å². The van der Waals surface area contributed by atoms with Crippen molar-refractivity contribution in [2.45, 2.75) is 39.7 Å². The molecule has 0 aliphatic heterocycles. The summed E-state index contributed by atoms with van der Waals surface area (Å²) in [5, 5.41) is 0. The van der Waals surface area contributed by atoms with E-state index in [0.717, 1.165) is 30.4 Å². The van der Waals surface area contributed by atoms with Crippen LogP contribution in [0.2, 0.25) is 0 Å². The molecule has 3 heteroatoms. The molecule has 0 bridgehead atoms. The molecule has 0 aliphatic carbocycles. The van der Waals surface area contributed by atoms with Crippen molar-refractivity contribution in [2.75, 3.05) is 18.1 Å². The molecule has 2 unspecified atom stereocenters. The molecular formula is C16H27NOS. The van der Waals surface area contributed by atoms with Crippen LogP contribution in [0.25, 0.3) is 0 Å². The fraction of sp³-hybridized carbons (Fsp3) is 0.625. The minimum atomic E-state index is 0.120. The minimum absolute atomic E-state index is 0.120. The van der Waals surface area contributed by atoms with Crippen molar-refractivity contribution < 1.29 is 4.74 Å². The van der Waals surface area contributed by atoms with Gasteiger partial charge in [0.1, 0.15) is 5.75 Å². The lowest BCUT2D eigenvalue weighted by Crippen LogP contribution is -2.14. The third-order valence-electron chi connectivity index (χ3n) is 3.18. The SMILES string of the molecule is CCCOc1ccc(C(N)CSCC(C)CC)cc1. The third-order valence-corrected chi connectivity index (χ3v) is 4.58. The van der Waals surface area contributed by atoms with E-state index in [9.17, 15) is 0 Å². The fourth-order valence-corrected chi connectivity index (χ4v) is 2.86. The number of hydrogen-bond donors (Lipinski definition) is 1. The molecule has 0 fully saturated rings. The van der Waals surface area contributed by atoms with Gasteiger partial charge in [0.15, 0.2) is 0 Å². The molecule has 1 rings (SSSR count). The van der Waals surface area contributed by atoms with E-state index >= 15 is 0 Å². The van der Waals surface area contributed by atoms with Crippen molar-refractivity contribution >= 4 is 11.8 Å². The van der Waals surface area contributed by atoms with Crippen molar-refractivity contribution in [2.24, 2.45) is 11.7 Å². The quantitative estimate of drug-likeness (QED) is 0.734. The molecule has 2 N–H and O–H groups in total. The predicted octanol–water partition coefficient (Wildman–Crippen LogP) is 4.25. The zero-order chi connectivity index (χ0) is 14.1. The van der Waals surface area contributed by atoms with Gasteiger partial charge >= 0.3 is 0 Å². The van der Waals surface area contributed by atoms with Crippen LogP contribution in [0.5, 0.6) is 5.75 Å². The highest BCUT2D eigenvalue weighted by molar-refractivity contribution is 7.99. The number of benzene rings is 1. The van der Waals surface area contributed by atoms with Crippen LogP contribution in [-0.2, 0) is 0 Å². The van der Waals surface area contributed by atoms with Gasteiger partial charge in [-0.05, 0) is 35.8 Å². The standard InChI is InChI=1S/C16H27NOS/c1-4-10-18-15-8-6-14(7-9-15)16(17)12-19-11-13(3)5-2/h6-9,13,16H,4-5,10-12,17H2,1-3H3. The van der Waals surface area contributed by atoms with Gasteiger partial charge in [-0.15, -0.1) is 0 Å². The maximum Gasteiger partial charge on any atom is 0.119 e. The highest BCUT2D eigenvalue weighted by Crippen LogP contribution is 2.21. The van der Waals surface area contributed by atoms with Crippen LogP contribution in [0, 0.1) is 5.92 Å². The van der Waals surface area contributed by atoms with Gasteiger partial charge < -0.3 is 10.5 Å². The molecule has 0 amide bonds. The van der Waals surface area contributed by atoms with Crippen molar-refractivity contribution in [3.63, 3.8) is 0 Å². The number of hydrogen-bond acceptors (Lipinski definition) is 3. The second kappa shape index (κ2) is 9.27. The highest BCUT2D eigenvalue weighted by atomic mass is 32.2. The van der Waals surface area contributed by atoms with Gasteiger partial charge in [0.2, 0.25) is 0 Å². The Morgan fingerprint density at radius 1 is 1.16 bits per heavy atom. The molecule has 0 heterocycles. The van der Waals surface area contributed by atoms with Crippen LogP contribution in [0.15, 0.2) is 24.3 Å². The van der Waals surface area contributed by atoms with Crippen molar-refractivity contribution in [3.05, 3.63) is 29.8 Å². The van der Waals surface area contributed by atoms with E-state index in [-0.39, 0.29) is 6.04 Å². The monoisotopic (exact) mass is 281 g/mol. The van der Waals surface area contributed by atoms with E-state index < -0.39 is 0 Å². The first-order valence-electron chi connectivity index (χ1n) is 7.23. The summed E-state index contributed by atoms with van der Waals surface area (Å²) in [7, 11) is 0. The number of thioether (sulfide) groups is 1. The second-order valence-corrected chi connectivity index (χ2v) is 6.15. The zero-order valence-electron chi connectivity index (χ0n) is 12.4. The lowest BCUT2D eigenvalue weighted by molar-refractivity contribution is 0.317. The van der Waals surface area contributed by atoms with E-state index in [4.69, 9.17) is 10.5 Å². The molecule has 0 spiro atoms. The van der Waals surface area contributed by atoms with Crippen LogP contribution in [0.4, 0.5) is 0 Å². The maximum absolute atomic E-state index is 6.21. The van der Waals surface area contributed by atoms with E-state index in [2.05, 4.69) is 32.9 Å². The third kappa shape index (κ3) is 6.35. The van der Waals surface area contributed by atoms with E-state index in [1.165, 1.54) is 17.7 Å². The average molecular weight is 281 g/mol. The first kappa shape index (κ1) is 16.4. The van der Waals surface area contributed by atoms with Crippen LogP contribution < -0.4 is 10.5 Å².